The molecule has 2 aromatic rings. The van der Waals surface area contributed by atoms with E-state index in [1.54, 1.807) is 0 Å². The topological polar surface area (TPSA) is 48.9 Å². The number of halogens is 1. The first-order valence-electron chi connectivity index (χ1n) is 10.1. The Morgan fingerprint density at radius 1 is 1.03 bits per heavy atom. The average molecular weight is 508 g/mol. The van der Waals surface area contributed by atoms with Crippen molar-refractivity contribution in [2.24, 2.45) is 4.99 Å². The number of hydrogen-bond acceptors (Lipinski definition) is 3. The van der Waals surface area contributed by atoms with Crippen molar-refractivity contribution in [3.63, 3.8) is 0 Å². The van der Waals surface area contributed by atoms with E-state index in [4.69, 9.17) is 9.73 Å². The zero-order chi connectivity index (χ0) is 19.8. The molecule has 1 aliphatic heterocycles. The fourth-order valence-corrected chi connectivity index (χ4v) is 3.35. The minimum absolute atomic E-state index is 0. The van der Waals surface area contributed by atoms with Crippen molar-refractivity contribution >= 4 is 29.9 Å². The fraction of sp³-hybridized carbons (Fsp3) is 0.435. The third kappa shape index (κ3) is 7.51. The molecule has 1 heterocycles. The van der Waals surface area contributed by atoms with Gasteiger partial charge in [0.05, 0.1) is 13.2 Å². The van der Waals surface area contributed by atoms with Gasteiger partial charge in [-0.1, -0.05) is 36.4 Å². The van der Waals surface area contributed by atoms with Crippen molar-refractivity contribution in [1.82, 2.24) is 15.5 Å². The first-order valence-corrected chi connectivity index (χ1v) is 10.1. The normalized spacial score (nSPS) is 12.9. The molecule has 3 rings (SSSR count). The Morgan fingerprint density at radius 3 is 2.48 bits per heavy atom. The summed E-state index contributed by atoms with van der Waals surface area (Å²) in [6.45, 7) is 6.24. The van der Waals surface area contributed by atoms with Crippen molar-refractivity contribution in [2.45, 2.75) is 32.9 Å². The van der Waals surface area contributed by atoms with Crippen LogP contribution in [-0.4, -0.2) is 44.7 Å². The summed E-state index contributed by atoms with van der Waals surface area (Å²) in [7, 11) is 4.17. The molecule has 0 saturated carbocycles. The second kappa shape index (κ2) is 12.0. The predicted molar refractivity (Wildman–Crippen MR) is 131 cm³/mol. The Labute approximate surface area is 192 Å². The number of fused-ring (bicyclic) bond motifs is 1. The largest absolute Gasteiger partial charge is 0.493 e. The molecule has 0 unspecified atom stereocenters. The van der Waals surface area contributed by atoms with Crippen molar-refractivity contribution in [2.75, 3.05) is 33.8 Å². The van der Waals surface area contributed by atoms with Gasteiger partial charge in [-0.3, -0.25) is 0 Å². The van der Waals surface area contributed by atoms with Crippen LogP contribution in [-0.2, 0) is 25.9 Å². The molecule has 5 nitrogen and oxygen atoms in total. The van der Waals surface area contributed by atoms with Crippen LogP contribution < -0.4 is 15.4 Å². The summed E-state index contributed by atoms with van der Waals surface area (Å²) in [6.07, 6.45) is 1.99. The highest BCUT2D eigenvalue weighted by atomic mass is 127. The van der Waals surface area contributed by atoms with Crippen molar-refractivity contribution in [1.29, 1.82) is 0 Å². The molecule has 1 aliphatic rings. The van der Waals surface area contributed by atoms with Gasteiger partial charge in [-0.25, -0.2) is 4.99 Å². The summed E-state index contributed by atoms with van der Waals surface area (Å²) >= 11 is 0. The summed E-state index contributed by atoms with van der Waals surface area (Å²) in [5.74, 6) is 1.91. The summed E-state index contributed by atoms with van der Waals surface area (Å²) in [6, 6.07) is 15.2. The number of rotatable bonds is 8. The highest BCUT2D eigenvalue weighted by molar-refractivity contribution is 14.0. The molecule has 0 aromatic heterocycles. The molecule has 0 fully saturated rings. The maximum absolute atomic E-state index is 5.58. The van der Waals surface area contributed by atoms with Crippen LogP contribution in [0.25, 0.3) is 0 Å². The molecule has 0 atom stereocenters. The van der Waals surface area contributed by atoms with Crippen molar-refractivity contribution in [3.8, 4) is 5.75 Å². The van der Waals surface area contributed by atoms with E-state index in [1.807, 2.05) is 0 Å². The maximum atomic E-state index is 5.58. The standard InChI is InChI=1S/C23H32N4O.HI/c1-4-24-23(26-16-19-5-7-20(8-6-19)17-27(2)3)25-13-11-18-9-10-22-21(15-18)12-14-28-22;/h5-10,15H,4,11-14,16-17H2,1-3H3,(H2,24,25,26);1H. The van der Waals surface area contributed by atoms with Gasteiger partial charge in [-0.05, 0) is 55.8 Å². The number of nitrogens with zero attached hydrogens (tertiary/aromatic N) is 2. The molecule has 158 valence electrons. The molecule has 29 heavy (non-hydrogen) atoms. The molecule has 6 heteroatoms. The van der Waals surface area contributed by atoms with Crippen LogP contribution in [0.4, 0.5) is 0 Å². The zero-order valence-corrected chi connectivity index (χ0v) is 20.0. The first-order chi connectivity index (χ1) is 13.6. The van der Waals surface area contributed by atoms with Crippen molar-refractivity contribution in [3.05, 3.63) is 64.7 Å². The fourth-order valence-electron chi connectivity index (χ4n) is 3.35. The van der Waals surface area contributed by atoms with Gasteiger partial charge in [0.1, 0.15) is 5.75 Å². The Hall–Kier alpha value is -1.80. The highest BCUT2D eigenvalue weighted by Crippen LogP contribution is 2.25. The molecular weight excluding hydrogens is 475 g/mol. The Morgan fingerprint density at radius 2 is 1.76 bits per heavy atom. The van der Waals surface area contributed by atoms with Crippen LogP contribution in [0.3, 0.4) is 0 Å². The molecule has 0 amide bonds. The van der Waals surface area contributed by atoms with Crippen LogP contribution in [0.5, 0.6) is 5.75 Å². The lowest BCUT2D eigenvalue weighted by atomic mass is 10.1. The van der Waals surface area contributed by atoms with E-state index < -0.39 is 0 Å². The van der Waals surface area contributed by atoms with Crippen LogP contribution in [0, 0.1) is 0 Å². The third-order valence-corrected chi connectivity index (χ3v) is 4.75. The number of aliphatic imine (C=N–C) groups is 1. The third-order valence-electron chi connectivity index (χ3n) is 4.75. The molecule has 0 aliphatic carbocycles. The van der Waals surface area contributed by atoms with Crippen LogP contribution >= 0.6 is 24.0 Å². The van der Waals surface area contributed by atoms with E-state index in [1.165, 1.54) is 22.3 Å². The summed E-state index contributed by atoms with van der Waals surface area (Å²) in [4.78, 5) is 6.90. The van der Waals surface area contributed by atoms with E-state index >= 15 is 0 Å². The number of benzene rings is 2. The van der Waals surface area contributed by atoms with Gasteiger partial charge in [0.2, 0.25) is 0 Å². The molecule has 0 spiro atoms. The van der Waals surface area contributed by atoms with Gasteiger partial charge in [-0.2, -0.15) is 0 Å². The van der Waals surface area contributed by atoms with Gasteiger partial charge < -0.3 is 20.3 Å². The van der Waals surface area contributed by atoms with Gasteiger partial charge in [0.25, 0.3) is 0 Å². The van der Waals surface area contributed by atoms with E-state index in [2.05, 4.69) is 79.0 Å². The molecule has 0 radical (unpaired) electrons. The summed E-state index contributed by atoms with van der Waals surface area (Å²) in [5, 5.41) is 6.78. The van der Waals surface area contributed by atoms with Crippen LogP contribution in [0.1, 0.15) is 29.2 Å². The lowest BCUT2D eigenvalue weighted by Crippen LogP contribution is -2.38. The average Bonchev–Trinajstić information content (AvgIpc) is 3.14. The SMILES string of the molecule is CCNC(=NCc1ccc(CN(C)C)cc1)NCCc1ccc2c(c1)CCO2.I. The zero-order valence-electron chi connectivity index (χ0n) is 17.7. The van der Waals surface area contributed by atoms with Gasteiger partial charge in [-0.15, -0.1) is 24.0 Å². The molecule has 2 aromatic carbocycles. The Bertz CT molecular complexity index is 790. The minimum Gasteiger partial charge on any atom is -0.493 e. The molecule has 0 saturated heterocycles. The number of hydrogen-bond donors (Lipinski definition) is 2. The molecule has 0 bridgehead atoms. The first kappa shape index (κ1) is 23.5. The second-order valence-electron chi connectivity index (χ2n) is 7.47. The predicted octanol–water partition coefficient (Wildman–Crippen LogP) is 3.60. The maximum Gasteiger partial charge on any atom is 0.191 e. The molecule has 2 N–H and O–H groups in total. The number of ether oxygens (including phenoxy) is 1. The summed E-state index contributed by atoms with van der Waals surface area (Å²) < 4.78 is 5.58. The lowest BCUT2D eigenvalue weighted by molar-refractivity contribution is 0.357. The summed E-state index contributed by atoms with van der Waals surface area (Å²) in [5.41, 5.74) is 5.21. The Balaban J connectivity index is 0.00000300. The van der Waals surface area contributed by atoms with E-state index in [-0.39, 0.29) is 24.0 Å². The van der Waals surface area contributed by atoms with Gasteiger partial charge >= 0.3 is 0 Å². The highest BCUT2D eigenvalue weighted by Gasteiger charge is 2.11. The smallest absolute Gasteiger partial charge is 0.191 e. The van der Waals surface area contributed by atoms with Gasteiger partial charge in [0, 0.05) is 26.1 Å². The quantitative estimate of drug-likeness (QED) is 0.325. The van der Waals surface area contributed by atoms with Crippen molar-refractivity contribution < 1.29 is 4.74 Å². The Kier molecular flexibility index (Phi) is 9.73. The van der Waals surface area contributed by atoms with Gasteiger partial charge in [0.15, 0.2) is 5.96 Å². The van der Waals surface area contributed by atoms with E-state index in [0.29, 0.717) is 6.54 Å². The monoisotopic (exact) mass is 508 g/mol. The van der Waals surface area contributed by atoms with E-state index in [0.717, 1.165) is 50.8 Å². The number of guanidine groups is 1. The van der Waals surface area contributed by atoms with Crippen LogP contribution in [0.2, 0.25) is 0 Å². The molecular formula is C23H33IN4O. The minimum atomic E-state index is 0. The second-order valence-corrected chi connectivity index (χ2v) is 7.47. The van der Waals surface area contributed by atoms with Crippen LogP contribution in [0.15, 0.2) is 47.5 Å². The number of nitrogens with one attached hydrogen (secondary N) is 2. The van der Waals surface area contributed by atoms with E-state index in [9.17, 15) is 0 Å². The lowest BCUT2D eigenvalue weighted by Gasteiger charge is -2.12.